The van der Waals surface area contributed by atoms with Crippen LogP contribution in [0.25, 0.3) is 10.9 Å². The molecule has 0 radical (unpaired) electrons. The molecule has 1 saturated carbocycles. The molecule has 1 unspecified atom stereocenters. The number of para-hydroxylation sites is 1. The number of benzene rings is 1. The Hall–Kier alpha value is -2.89. The molecule has 6 nitrogen and oxygen atoms in total. The van der Waals surface area contributed by atoms with Crippen molar-refractivity contribution in [3.63, 3.8) is 0 Å². The molecule has 0 spiro atoms. The van der Waals surface area contributed by atoms with Crippen molar-refractivity contribution in [2.24, 2.45) is 5.92 Å². The lowest BCUT2D eigenvalue weighted by Crippen LogP contribution is -2.38. The van der Waals surface area contributed by atoms with Crippen LogP contribution >= 0.6 is 0 Å². The monoisotopic (exact) mass is 377 g/mol. The Balaban J connectivity index is 1.68. The average Bonchev–Trinajstić information content (AvgIpc) is 3.02. The van der Waals surface area contributed by atoms with Gasteiger partial charge in [0.15, 0.2) is 0 Å². The normalized spacial score (nSPS) is 15.2. The van der Waals surface area contributed by atoms with Crippen molar-refractivity contribution in [1.29, 1.82) is 0 Å². The van der Waals surface area contributed by atoms with Gasteiger partial charge in [-0.3, -0.25) is 4.79 Å². The summed E-state index contributed by atoms with van der Waals surface area (Å²) in [4.78, 5) is 27.2. The van der Waals surface area contributed by atoms with Gasteiger partial charge in [0.2, 0.25) is 5.91 Å². The minimum atomic E-state index is -0.187. The van der Waals surface area contributed by atoms with Gasteiger partial charge in [-0.25, -0.2) is 9.97 Å². The summed E-state index contributed by atoms with van der Waals surface area (Å²) in [7, 11) is 3.93. The number of aromatic nitrogens is 3. The number of amides is 1. The number of nitrogens with one attached hydrogen (secondary N) is 2. The first-order valence-electron chi connectivity index (χ1n) is 9.89. The maximum absolute atomic E-state index is 12.7. The molecule has 1 fully saturated rings. The van der Waals surface area contributed by atoms with Gasteiger partial charge in [-0.05, 0) is 31.4 Å². The van der Waals surface area contributed by atoms with Crippen LogP contribution in [0.4, 0.5) is 5.82 Å². The molecule has 0 aliphatic heterocycles. The number of anilines is 1. The van der Waals surface area contributed by atoms with Crippen LogP contribution in [0.15, 0.2) is 36.5 Å². The molecule has 0 bridgehead atoms. The molecule has 3 aromatic rings. The molecule has 2 N–H and O–H groups in total. The summed E-state index contributed by atoms with van der Waals surface area (Å²) >= 11 is 0. The number of aromatic amines is 1. The van der Waals surface area contributed by atoms with E-state index in [9.17, 15) is 4.79 Å². The number of H-pyrrole nitrogens is 1. The van der Waals surface area contributed by atoms with E-state index in [-0.39, 0.29) is 17.9 Å². The summed E-state index contributed by atoms with van der Waals surface area (Å²) < 4.78 is 0. The van der Waals surface area contributed by atoms with Crippen LogP contribution in [0.3, 0.4) is 0 Å². The Morgan fingerprint density at radius 1 is 1.29 bits per heavy atom. The molecule has 1 aromatic carbocycles. The summed E-state index contributed by atoms with van der Waals surface area (Å²) in [5.41, 5.74) is 3.14. The third kappa shape index (κ3) is 3.72. The van der Waals surface area contributed by atoms with Gasteiger partial charge in [-0.15, -0.1) is 0 Å². The summed E-state index contributed by atoms with van der Waals surface area (Å²) in [6, 6.07) is 10.0. The Bertz CT molecular complexity index is 990. The number of hydrogen-bond acceptors (Lipinski definition) is 4. The maximum atomic E-state index is 12.7. The summed E-state index contributed by atoms with van der Waals surface area (Å²) in [6.45, 7) is 1.90. The van der Waals surface area contributed by atoms with E-state index in [0.29, 0.717) is 12.2 Å². The van der Waals surface area contributed by atoms with Crippen molar-refractivity contribution in [1.82, 2.24) is 20.3 Å². The molecule has 2 heterocycles. The first-order chi connectivity index (χ1) is 13.5. The topological polar surface area (TPSA) is 73.9 Å². The minimum absolute atomic E-state index is 0.138. The van der Waals surface area contributed by atoms with Crippen molar-refractivity contribution in [3.05, 3.63) is 53.6 Å². The second-order valence-corrected chi connectivity index (χ2v) is 7.85. The van der Waals surface area contributed by atoms with E-state index in [1.54, 1.807) is 0 Å². The van der Waals surface area contributed by atoms with Gasteiger partial charge < -0.3 is 15.2 Å². The van der Waals surface area contributed by atoms with Crippen molar-refractivity contribution in [3.8, 4) is 0 Å². The maximum Gasteiger partial charge on any atom is 0.223 e. The Kier molecular flexibility index (Phi) is 5.03. The fourth-order valence-electron chi connectivity index (χ4n) is 3.69. The number of carbonyl (C=O) groups is 1. The predicted octanol–water partition coefficient (Wildman–Crippen LogP) is 3.53. The molecule has 146 valence electrons. The highest BCUT2D eigenvalue weighted by Gasteiger charge is 2.28. The van der Waals surface area contributed by atoms with E-state index in [2.05, 4.69) is 32.4 Å². The average molecular weight is 377 g/mol. The molecule has 6 heteroatoms. The van der Waals surface area contributed by atoms with Crippen LogP contribution in [-0.2, 0) is 11.2 Å². The van der Waals surface area contributed by atoms with Crippen LogP contribution in [-0.4, -0.2) is 35.0 Å². The van der Waals surface area contributed by atoms with Crippen LogP contribution in [0.5, 0.6) is 0 Å². The van der Waals surface area contributed by atoms with Crippen molar-refractivity contribution >= 4 is 22.6 Å². The van der Waals surface area contributed by atoms with Gasteiger partial charge >= 0.3 is 0 Å². The molecule has 1 amide bonds. The standard InChI is InChI=1S/C22H27N5O/c1-14-24-20(12-21(25-14)27(2)3)19(26-22(28)15-7-6-8-15)11-16-13-23-18-10-5-4-9-17(16)18/h4-5,9-10,12-13,15,19,23H,6-8,11H2,1-3H3,(H,26,28). The molecule has 1 aliphatic rings. The molecule has 1 aliphatic carbocycles. The third-order valence-electron chi connectivity index (χ3n) is 5.55. The van der Waals surface area contributed by atoms with Crippen molar-refractivity contribution in [2.45, 2.75) is 38.6 Å². The minimum Gasteiger partial charge on any atom is -0.363 e. The summed E-state index contributed by atoms with van der Waals surface area (Å²) in [6.07, 6.45) is 5.83. The first kappa shape index (κ1) is 18.5. The SMILES string of the molecule is Cc1nc(C(Cc2c[nH]c3ccccc23)NC(=O)C2CCC2)cc(N(C)C)n1. The van der Waals surface area contributed by atoms with Gasteiger partial charge in [-0.1, -0.05) is 24.6 Å². The summed E-state index contributed by atoms with van der Waals surface area (Å²) in [5, 5.41) is 4.45. The first-order valence-corrected chi connectivity index (χ1v) is 9.89. The number of carbonyl (C=O) groups excluding carboxylic acids is 1. The van der Waals surface area contributed by atoms with Crippen molar-refractivity contribution < 1.29 is 4.79 Å². The van der Waals surface area contributed by atoms with E-state index in [1.165, 1.54) is 10.9 Å². The Morgan fingerprint density at radius 2 is 2.07 bits per heavy atom. The van der Waals surface area contributed by atoms with Crippen LogP contribution in [0.1, 0.15) is 42.4 Å². The molecule has 4 rings (SSSR count). The van der Waals surface area contributed by atoms with Crippen LogP contribution in [0, 0.1) is 12.8 Å². The highest BCUT2D eigenvalue weighted by atomic mass is 16.2. The lowest BCUT2D eigenvalue weighted by molar-refractivity contribution is -0.128. The number of rotatable bonds is 6. The zero-order chi connectivity index (χ0) is 19.7. The summed E-state index contributed by atoms with van der Waals surface area (Å²) in [5.74, 6) is 1.84. The Labute approximate surface area is 165 Å². The smallest absolute Gasteiger partial charge is 0.223 e. The number of nitrogens with zero attached hydrogens (tertiary/aromatic N) is 3. The molecule has 28 heavy (non-hydrogen) atoms. The van der Waals surface area contributed by atoms with E-state index >= 15 is 0 Å². The van der Waals surface area contributed by atoms with E-state index in [1.807, 2.05) is 50.3 Å². The quantitative estimate of drug-likeness (QED) is 0.689. The fourth-order valence-corrected chi connectivity index (χ4v) is 3.69. The van der Waals surface area contributed by atoms with Crippen molar-refractivity contribution in [2.75, 3.05) is 19.0 Å². The lowest BCUT2D eigenvalue weighted by atomic mass is 9.84. The predicted molar refractivity (Wildman–Crippen MR) is 111 cm³/mol. The molecular weight excluding hydrogens is 350 g/mol. The molecule has 1 atom stereocenters. The van der Waals surface area contributed by atoms with E-state index < -0.39 is 0 Å². The third-order valence-corrected chi connectivity index (χ3v) is 5.55. The zero-order valence-electron chi connectivity index (χ0n) is 16.7. The van der Waals surface area contributed by atoms with Gasteiger partial charge in [-0.2, -0.15) is 0 Å². The number of aryl methyl sites for hydroxylation is 1. The highest BCUT2D eigenvalue weighted by Crippen LogP contribution is 2.29. The second-order valence-electron chi connectivity index (χ2n) is 7.85. The van der Waals surface area contributed by atoms with Gasteiger partial charge in [0.1, 0.15) is 11.6 Å². The second kappa shape index (κ2) is 7.62. The van der Waals surface area contributed by atoms with Gasteiger partial charge in [0, 0.05) is 49.6 Å². The van der Waals surface area contributed by atoms with E-state index in [4.69, 9.17) is 0 Å². The number of fused-ring (bicyclic) bond motifs is 1. The Morgan fingerprint density at radius 3 is 2.79 bits per heavy atom. The van der Waals surface area contributed by atoms with Gasteiger partial charge in [0.25, 0.3) is 0 Å². The largest absolute Gasteiger partial charge is 0.363 e. The van der Waals surface area contributed by atoms with Gasteiger partial charge in [0.05, 0.1) is 11.7 Å². The fraction of sp³-hybridized carbons (Fsp3) is 0.409. The number of hydrogen-bond donors (Lipinski definition) is 2. The zero-order valence-corrected chi connectivity index (χ0v) is 16.7. The molecular formula is C22H27N5O. The van der Waals surface area contributed by atoms with Crippen LogP contribution in [0.2, 0.25) is 0 Å². The molecule has 0 saturated heterocycles. The lowest BCUT2D eigenvalue weighted by Gasteiger charge is -2.27. The molecule has 2 aromatic heterocycles. The van der Waals surface area contributed by atoms with Crippen LogP contribution < -0.4 is 10.2 Å². The highest BCUT2D eigenvalue weighted by molar-refractivity contribution is 5.83. The van der Waals surface area contributed by atoms with E-state index in [0.717, 1.165) is 36.3 Å².